The molecule has 0 aromatic rings. The molecule has 0 bridgehead atoms. The fourth-order valence-electron chi connectivity index (χ4n) is 3.38. The summed E-state index contributed by atoms with van der Waals surface area (Å²) < 4.78 is 0.819. The van der Waals surface area contributed by atoms with Crippen molar-refractivity contribution in [2.75, 3.05) is 0 Å². The van der Waals surface area contributed by atoms with E-state index < -0.39 is 24.2 Å². The molecule has 0 saturated carbocycles. The Morgan fingerprint density at radius 3 is 0.483 bits per heavy atom. The van der Waals surface area contributed by atoms with Gasteiger partial charge in [-0.1, -0.05) is 62.3 Å². The van der Waals surface area contributed by atoms with E-state index in [1.165, 1.54) is 0 Å². The van der Waals surface area contributed by atoms with Crippen molar-refractivity contribution in [3.63, 3.8) is 0 Å². The number of nitrogens with one attached hydrogen (secondary N) is 3. The third-order valence-corrected chi connectivity index (χ3v) is 42.9. The Morgan fingerprint density at radius 2 is 0.483 bits per heavy atom. The van der Waals surface area contributed by atoms with Crippen molar-refractivity contribution in [1.82, 2.24) is 0 Å². The monoisotopic (exact) mass is 567 g/mol. The fraction of sp³-hybridized carbons (Fsp3) is 1.00. The third kappa shape index (κ3) is 27.3. The molecule has 0 amide bonds. The van der Waals surface area contributed by atoms with Crippen LogP contribution >= 0.6 is 0 Å². The van der Waals surface area contributed by atoms with Crippen LogP contribution in [-0.2, 0) is 0 Å². The Morgan fingerprint density at radius 1 is 0.414 bits per heavy atom. The summed E-state index contributed by atoms with van der Waals surface area (Å²) in [5, 5.41) is 0. The van der Waals surface area contributed by atoms with Gasteiger partial charge in [0.2, 0.25) is 0 Å². The predicted octanol–water partition coefficient (Wildman–Crippen LogP) is 9.46. The van der Waals surface area contributed by atoms with Gasteiger partial charge in [-0.05, 0) is 0 Å². The minimum absolute atomic E-state index is 0.250. The second-order valence-corrected chi connectivity index (χ2v) is 37.9. The van der Waals surface area contributed by atoms with Crippen molar-refractivity contribution < 1.29 is 0 Å². The molecule has 0 unspecified atom stereocenters. The first-order valence-electron chi connectivity index (χ1n) is 10.8. The van der Waals surface area contributed by atoms with E-state index in [-0.39, 0.29) is 16.6 Å². The molecule has 7 heteroatoms. The molecule has 0 fully saturated rings. The summed E-state index contributed by atoms with van der Waals surface area (Å²) in [7, 11) is -3.05. The SMILES string of the molecule is CC(C)(C)[NH-].CC(C)(C)[NH-].CC(C)(C)[NH-].C[Si](C)(C)[C]([Sn+3])([Si](C)(C)C)[Si](C)(C)C. The maximum absolute atomic E-state index is 6.94. The van der Waals surface area contributed by atoms with Gasteiger partial charge in [0.15, 0.2) is 0 Å². The van der Waals surface area contributed by atoms with Crippen LogP contribution < -0.4 is 0 Å². The summed E-state index contributed by atoms with van der Waals surface area (Å²) in [6.45, 7) is 40.0. The first-order valence-corrected chi connectivity index (χ1v) is 22.7. The minimum atomic E-state index is -1.02. The average molecular weight is 567 g/mol. The molecule has 0 saturated heterocycles. The Labute approximate surface area is 203 Å². The molecule has 0 heterocycles. The van der Waals surface area contributed by atoms with Crippen molar-refractivity contribution in [1.29, 1.82) is 0 Å². The Balaban J connectivity index is -0.000000171. The van der Waals surface area contributed by atoms with Crippen LogP contribution in [0.15, 0.2) is 0 Å². The van der Waals surface area contributed by atoms with Gasteiger partial charge in [-0.2, -0.15) is 0 Å². The summed E-state index contributed by atoms with van der Waals surface area (Å²) >= 11 is 1.85. The number of rotatable bonds is 3. The summed E-state index contributed by atoms with van der Waals surface area (Å²) in [5.41, 5.74) is 20.1. The van der Waals surface area contributed by atoms with Crippen molar-refractivity contribution >= 4 is 46.7 Å². The zero-order valence-corrected chi connectivity index (χ0v) is 29.4. The van der Waals surface area contributed by atoms with E-state index in [4.69, 9.17) is 17.2 Å². The molecule has 0 spiro atoms. The van der Waals surface area contributed by atoms with E-state index in [0.717, 1.165) is 2.30 Å². The van der Waals surface area contributed by atoms with Crippen molar-refractivity contribution in [3.8, 4) is 0 Å². The van der Waals surface area contributed by atoms with E-state index in [1.54, 1.807) is 0 Å². The molecule has 29 heavy (non-hydrogen) atoms. The maximum atomic E-state index is 6.94. The van der Waals surface area contributed by atoms with E-state index in [0.29, 0.717) is 0 Å². The van der Waals surface area contributed by atoms with Gasteiger partial charge in [-0.3, -0.25) is 0 Å². The van der Waals surface area contributed by atoms with E-state index >= 15 is 0 Å². The second kappa shape index (κ2) is 12.5. The zero-order chi connectivity index (χ0) is 25.5. The van der Waals surface area contributed by atoms with Gasteiger partial charge in [0.25, 0.3) is 0 Å². The molecule has 0 atom stereocenters. The summed E-state index contributed by atoms with van der Waals surface area (Å²) in [4.78, 5) is 0. The van der Waals surface area contributed by atoms with Crippen LogP contribution in [0.5, 0.6) is 0 Å². The normalized spacial score (nSPS) is 13.9. The molecule has 176 valence electrons. The Bertz CT molecular complexity index is 345. The van der Waals surface area contributed by atoms with Crippen molar-refractivity contribution in [2.45, 2.75) is 140 Å². The molecule has 0 aromatic heterocycles. The van der Waals surface area contributed by atoms with Gasteiger partial charge >= 0.3 is 108 Å². The molecule has 0 radical (unpaired) electrons. The van der Waals surface area contributed by atoms with Gasteiger partial charge in [0.1, 0.15) is 0 Å². The van der Waals surface area contributed by atoms with Gasteiger partial charge in [0, 0.05) is 0 Å². The van der Waals surface area contributed by atoms with Crippen LogP contribution in [0.1, 0.15) is 62.3 Å². The van der Waals surface area contributed by atoms with Crippen LogP contribution in [0, 0.1) is 0 Å². The summed E-state index contributed by atoms with van der Waals surface area (Å²) in [5.74, 6) is 0. The van der Waals surface area contributed by atoms with Crippen LogP contribution in [-0.4, -0.2) is 63.4 Å². The van der Waals surface area contributed by atoms with Gasteiger partial charge < -0.3 is 17.2 Å². The molecule has 0 aliphatic rings. The third-order valence-electron chi connectivity index (χ3n) is 3.38. The molecule has 0 aliphatic carbocycles. The van der Waals surface area contributed by atoms with Crippen LogP contribution in [0.25, 0.3) is 17.2 Å². The molecular formula is C22H57N3Si3Sn. The van der Waals surface area contributed by atoms with Gasteiger partial charge in [-0.25, -0.2) is 0 Å². The standard InChI is InChI=1S/C10H27Si3.3C4H10N.Sn/c1-11(2,3)10(12(4,5)6)13(7,8)9;3*1-4(2,3)5;/h1-9H3;3*5H,1-3H3;/q;3*-1;+3. The topological polar surface area (TPSA) is 71.4 Å². The Hall–Kier alpha value is 1.33. The fourth-order valence-corrected chi connectivity index (χ4v) is 30.4. The average Bonchev–Trinajstić information content (AvgIpc) is 2.14. The molecular weight excluding hydrogens is 509 g/mol. The van der Waals surface area contributed by atoms with Crippen molar-refractivity contribution in [3.05, 3.63) is 17.2 Å². The van der Waals surface area contributed by atoms with Crippen LogP contribution in [0.3, 0.4) is 0 Å². The number of hydrogen-bond acceptors (Lipinski definition) is 0. The molecule has 0 aromatic carbocycles. The van der Waals surface area contributed by atoms with E-state index in [9.17, 15) is 0 Å². The van der Waals surface area contributed by atoms with Gasteiger partial charge in [-0.15, -0.1) is 16.6 Å². The second-order valence-electron chi connectivity index (χ2n) is 14.2. The number of hydrogen-bond donors (Lipinski definition) is 0. The molecule has 3 N–H and O–H groups in total. The van der Waals surface area contributed by atoms with Crippen molar-refractivity contribution in [2.24, 2.45) is 0 Å². The van der Waals surface area contributed by atoms with Crippen LogP contribution in [0.4, 0.5) is 0 Å². The quantitative estimate of drug-likeness (QED) is 0.305. The van der Waals surface area contributed by atoms with E-state index in [2.05, 4.69) is 58.9 Å². The first-order chi connectivity index (χ1) is 11.8. The predicted molar refractivity (Wildman–Crippen MR) is 151 cm³/mol. The van der Waals surface area contributed by atoms with Crippen LogP contribution in [0.2, 0.25) is 61.2 Å². The summed E-state index contributed by atoms with van der Waals surface area (Å²) in [6.07, 6.45) is 0. The van der Waals surface area contributed by atoms with E-state index in [1.807, 2.05) is 84.8 Å². The first kappa shape index (κ1) is 37.6. The molecule has 0 rings (SSSR count). The molecule has 3 nitrogen and oxygen atoms in total. The zero-order valence-electron chi connectivity index (χ0n) is 23.5. The van der Waals surface area contributed by atoms with Gasteiger partial charge in [0.05, 0.1) is 0 Å². The molecule has 0 aliphatic heterocycles. The summed E-state index contributed by atoms with van der Waals surface area (Å²) in [6, 6.07) is 0. The Kier molecular flexibility index (Phi) is 16.3.